The molecule has 13 nitrogen and oxygen atoms in total. The molecule has 3 amide bonds. The van der Waals surface area contributed by atoms with Gasteiger partial charge in [0.2, 0.25) is 17.7 Å². The van der Waals surface area contributed by atoms with Gasteiger partial charge < -0.3 is 37.0 Å². The van der Waals surface area contributed by atoms with Crippen LogP contribution in [0.5, 0.6) is 0 Å². The van der Waals surface area contributed by atoms with Gasteiger partial charge in [-0.15, -0.1) is 0 Å². The van der Waals surface area contributed by atoms with Crippen molar-refractivity contribution in [3.05, 3.63) is 0 Å². The minimum Gasteiger partial charge on any atom is -0.481 e. The van der Waals surface area contributed by atoms with Gasteiger partial charge in [0.05, 0.1) is 19.0 Å². The molecule has 0 aromatic carbocycles. The zero-order valence-electron chi connectivity index (χ0n) is 16.0. The van der Waals surface area contributed by atoms with Gasteiger partial charge in [0, 0.05) is 6.42 Å². The maximum absolute atomic E-state index is 12.2. The first kappa shape index (κ1) is 25.8. The third-order valence-corrected chi connectivity index (χ3v) is 3.68. The summed E-state index contributed by atoms with van der Waals surface area (Å²) >= 11 is 0. The number of aliphatic carboxylic acids is 3. The largest absolute Gasteiger partial charge is 0.481 e. The number of hydrogen-bond acceptors (Lipinski definition) is 7. The SMILES string of the molecule is CC(C)C(NC(=O)CNC(=O)C(CCC(=O)O)NC(=O)C(N)CC(=O)O)C(=O)O. The number of carboxylic acids is 3. The molecule has 13 heteroatoms. The van der Waals surface area contributed by atoms with Gasteiger partial charge in [-0.3, -0.25) is 24.0 Å². The summed E-state index contributed by atoms with van der Waals surface area (Å²) in [5, 5.41) is 33.0. The number of amides is 3. The highest BCUT2D eigenvalue weighted by atomic mass is 16.4. The Morgan fingerprint density at radius 1 is 0.897 bits per heavy atom. The van der Waals surface area contributed by atoms with Crippen molar-refractivity contribution in [1.82, 2.24) is 16.0 Å². The van der Waals surface area contributed by atoms with Gasteiger partial charge in [0.1, 0.15) is 12.1 Å². The predicted molar refractivity (Wildman–Crippen MR) is 96.4 cm³/mol. The van der Waals surface area contributed by atoms with Crippen molar-refractivity contribution < 1.29 is 44.1 Å². The summed E-state index contributed by atoms with van der Waals surface area (Å²) in [5.41, 5.74) is 5.40. The highest BCUT2D eigenvalue weighted by molar-refractivity contribution is 5.93. The molecule has 0 aliphatic rings. The molecule has 3 atom stereocenters. The van der Waals surface area contributed by atoms with E-state index in [4.69, 9.17) is 21.1 Å². The average molecular weight is 418 g/mol. The first-order valence-electron chi connectivity index (χ1n) is 8.64. The van der Waals surface area contributed by atoms with Crippen molar-refractivity contribution in [2.75, 3.05) is 6.54 Å². The van der Waals surface area contributed by atoms with Crippen LogP contribution in [0, 0.1) is 5.92 Å². The number of hydrogen-bond donors (Lipinski definition) is 7. The highest BCUT2D eigenvalue weighted by Gasteiger charge is 2.27. The second-order valence-corrected chi connectivity index (χ2v) is 6.54. The highest BCUT2D eigenvalue weighted by Crippen LogP contribution is 2.02. The summed E-state index contributed by atoms with van der Waals surface area (Å²) < 4.78 is 0. The monoisotopic (exact) mass is 418 g/mol. The number of rotatable bonds is 13. The van der Waals surface area contributed by atoms with Crippen molar-refractivity contribution >= 4 is 35.6 Å². The van der Waals surface area contributed by atoms with Crippen LogP contribution >= 0.6 is 0 Å². The minimum atomic E-state index is -1.46. The van der Waals surface area contributed by atoms with Crippen molar-refractivity contribution in [2.45, 2.75) is 51.2 Å². The van der Waals surface area contributed by atoms with Gasteiger partial charge in [0.25, 0.3) is 0 Å². The van der Waals surface area contributed by atoms with Crippen LogP contribution in [0.4, 0.5) is 0 Å². The summed E-state index contributed by atoms with van der Waals surface area (Å²) in [4.78, 5) is 68.4. The number of nitrogens with two attached hydrogens (primary N) is 1. The maximum atomic E-state index is 12.2. The summed E-state index contributed by atoms with van der Waals surface area (Å²) in [5.74, 6) is -6.93. The summed E-state index contributed by atoms with van der Waals surface area (Å²) in [6.07, 6.45) is -1.53. The van der Waals surface area contributed by atoms with E-state index in [9.17, 15) is 28.8 Å². The molecule has 0 saturated carbocycles. The zero-order valence-corrected chi connectivity index (χ0v) is 16.0. The minimum absolute atomic E-state index is 0.335. The van der Waals surface area contributed by atoms with Crippen molar-refractivity contribution in [1.29, 1.82) is 0 Å². The molecule has 8 N–H and O–H groups in total. The fraction of sp³-hybridized carbons (Fsp3) is 0.625. The lowest BCUT2D eigenvalue weighted by molar-refractivity contribution is -0.143. The van der Waals surface area contributed by atoms with Gasteiger partial charge in [0.15, 0.2) is 0 Å². The number of carboxylic acid groups (broad SMARTS) is 3. The topological polar surface area (TPSA) is 225 Å². The Labute approximate surface area is 166 Å². The molecule has 3 unspecified atom stereocenters. The lowest BCUT2D eigenvalue weighted by Crippen LogP contribution is -2.54. The van der Waals surface area contributed by atoms with E-state index in [1.165, 1.54) is 0 Å². The van der Waals surface area contributed by atoms with Crippen LogP contribution in [-0.4, -0.2) is 75.6 Å². The van der Waals surface area contributed by atoms with Crippen LogP contribution < -0.4 is 21.7 Å². The van der Waals surface area contributed by atoms with Crippen LogP contribution in [0.25, 0.3) is 0 Å². The Morgan fingerprint density at radius 3 is 1.93 bits per heavy atom. The van der Waals surface area contributed by atoms with Gasteiger partial charge >= 0.3 is 17.9 Å². The predicted octanol–water partition coefficient (Wildman–Crippen LogP) is -2.52. The van der Waals surface area contributed by atoms with Crippen LogP contribution in [0.2, 0.25) is 0 Å². The zero-order chi connectivity index (χ0) is 22.7. The Bertz CT molecular complexity index is 650. The fourth-order valence-corrected chi connectivity index (χ4v) is 2.12. The molecule has 0 radical (unpaired) electrons. The van der Waals surface area contributed by atoms with Gasteiger partial charge in [-0.2, -0.15) is 0 Å². The maximum Gasteiger partial charge on any atom is 0.326 e. The molecule has 0 aromatic rings. The van der Waals surface area contributed by atoms with Gasteiger partial charge in [-0.25, -0.2) is 4.79 Å². The molecule has 0 aliphatic heterocycles. The summed E-state index contributed by atoms with van der Waals surface area (Å²) in [7, 11) is 0. The first-order valence-corrected chi connectivity index (χ1v) is 8.64. The Kier molecular flexibility index (Phi) is 10.9. The molecule has 0 aromatic heterocycles. The molecular formula is C16H26N4O9. The standard InChI is InChI=1S/C16H26N4O9/c1-7(2)13(16(28)29)20-10(21)6-18-15(27)9(3-4-11(22)23)19-14(26)8(17)5-12(24)25/h7-9,13H,3-6,17H2,1-2H3,(H,18,27)(H,19,26)(H,20,21)(H,22,23)(H,24,25)(H,28,29). The van der Waals surface area contributed by atoms with E-state index < -0.39 is 79.1 Å². The average Bonchev–Trinajstić information content (AvgIpc) is 2.59. The van der Waals surface area contributed by atoms with E-state index in [-0.39, 0.29) is 6.42 Å². The molecule has 0 fully saturated rings. The van der Waals surface area contributed by atoms with Gasteiger partial charge in [-0.05, 0) is 12.3 Å². The van der Waals surface area contributed by atoms with Crippen molar-refractivity contribution in [3.63, 3.8) is 0 Å². The number of carbonyl (C=O) groups excluding carboxylic acids is 3. The van der Waals surface area contributed by atoms with Crippen LogP contribution in [0.3, 0.4) is 0 Å². The molecule has 29 heavy (non-hydrogen) atoms. The second kappa shape index (κ2) is 12.3. The van der Waals surface area contributed by atoms with Crippen molar-refractivity contribution in [2.24, 2.45) is 11.7 Å². The van der Waals surface area contributed by atoms with Crippen LogP contribution in [0.15, 0.2) is 0 Å². The third kappa shape index (κ3) is 10.6. The molecule has 0 rings (SSSR count). The fourth-order valence-electron chi connectivity index (χ4n) is 2.12. The molecule has 164 valence electrons. The number of carbonyl (C=O) groups is 6. The van der Waals surface area contributed by atoms with Crippen molar-refractivity contribution in [3.8, 4) is 0 Å². The molecule has 0 heterocycles. The van der Waals surface area contributed by atoms with E-state index in [1.807, 2.05) is 0 Å². The third-order valence-electron chi connectivity index (χ3n) is 3.68. The molecule has 0 bridgehead atoms. The lowest BCUT2D eigenvalue weighted by Gasteiger charge is -2.21. The van der Waals surface area contributed by atoms with E-state index >= 15 is 0 Å². The number of nitrogens with one attached hydrogen (secondary N) is 3. The molecule has 0 aliphatic carbocycles. The van der Waals surface area contributed by atoms with E-state index in [0.29, 0.717) is 0 Å². The molecule has 0 saturated heterocycles. The van der Waals surface area contributed by atoms with Crippen LogP contribution in [0.1, 0.15) is 33.1 Å². The first-order chi connectivity index (χ1) is 13.3. The second-order valence-electron chi connectivity index (χ2n) is 6.54. The van der Waals surface area contributed by atoms with E-state index in [0.717, 1.165) is 0 Å². The van der Waals surface area contributed by atoms with E-state index in [1.54, 1.807) is 13.8 Å². The Balaban J connectivity index is 4.92. The van der Waals surface area contributed by atoms with E-state index in [2.05, 4.69) is 16.0 Å². The lowest BCUT2D eigenvalue weighted by atomic mass is 10.0. The Morgan fingerprint density at radius 2 is 1.48 bits per heavy atom. The summed E-state index contributed by atoms with van der Waals surface area (Å²) in [6.45, 7) is 2.54. The van der Waals surface area contributed by atoms with Crippen LogP contribution in [-0.2, 0) is 28.8 Å². The van der Waals surface area contributed by atoms with Gasteiger partial charge in [-0.1, -0.05) is 13.8 Å². The normalized spacial score (nSPS) is 13.7. The quantitative estimate of drug-likeness (QED) is 0.166. The molecular weight excluding hydrogens is 392 g/mol. The summed E-state index contributed by atoms with van der Waals surface area (Å²) in [6, 6.07) is -4.01. The Hall–Kier alpha value is -3.22. The smallest absolute Gasteiger partial charge is 0.326 e. The molecule has 0 spiro atoms.